The number of nitrogens with one attached hydrogen (secondary N) is 2. The van der Waals surface area contributed by atoms with Crippen molar-refractivity contribution in [2.45, 2.75) is 0 Å². The number of imidazole rings is 1. The molecule has 0 aliphatic rings. The number of pyridine rings is 1. The molecule has 0 radical (unpaired) electrons. The van der Waals surface area contributed by atoms with Crippen LogP contribution in [-0.4, -0.2) is 36.2 Å². The van der Waals surface area contributed by atoms with Crippen LogP contribution in [0.15, 0.2) is 73.6 Å². The second-order valence-electron chi connectivity index (χ2n) is 6.14. The molecular weight excluding hydrogens is 384 g/mol. The van der Waals surface area contributed by atoms with Crippen LogP contribution in [0.2, 0.25) is 0 Å². The molecule has 4 rings (SSSR count). The number of rotatable bonds is 6. The number of carbonyl (C=O) groups is 2. The van der Waals surface area contributed by atoms with Gasteiger partial charge in [-0.3, -0.25) is 14.2 Å². The van der Waals surface area contributed by atoms with Crippen LogP contribution in [0.4, 0.5) is 29.0 Å². The normalized spacial score (nSPS) is 10.4. The Bertz CT molecular complexity index is 1190. The van der Waals surface area contributed by atoms with Crippen LogP contribution in [-0.2, 0) is 0 Å². The van der Waals surface area contributed by atoms with E-state index in [1.807, 2.05) is 0 Å². The Balaban J connectivity index is 1.56. The quantitative estimate of drug-likeness (QED) is 0.329. The average Bonchev–Trinajstić information content (AvgIpc) is 3.30. The molecule has 1 aromatic carbocycles. The molecule has 0 fully saturated rings. The minimum Gasteiger partial charge on any atom is -0.384 e. The average molecular weight is 400 g/mol. The highest BCUT2D eigenvalue weighted by molar-refractivity contribution is 6.44. The van der Waals surface area contributed by atoms with Crippen molar-refractivity contribution >= 4 is 40.6 Å². The highest BCUT2D eigenvalue weighted by Gasteiger charge is 2.21. The van der Waals surface area contributed by atoms with E-state index >= 15 is 0 Å². The lowest BCUT2D eigenvalue weighted by Crippen LogP contribution is -2.21. The number of hydrogen-bond acceptors (Lipinski definition) is 9. The van der Waals surface area contributed by atoms with Gasteiger partial charge in [0, 0.05) is 18.6 Å². The first-order valence-corrected chi connectivity index (χ1v) is 8.85. The summed E-state index contributed by atoms with van der Waals surface area (Å²) >= 11 is 0. The Morgan fingerprint density at radius 1 is 0.967 bits per heavy atom. The summed E-state index contributed by atoms with van der Waals surface area (Å²) in [5.41, 5.74) is 6.91. The summed E-state index contributed by atoms with van der Waals surface area (Å²) in [5.74, 6) is -0.210. The zero-order chi connectivity index (χ0) is 20.9. The van der Waals surface area contributed by atoms with Crippen LogP contribution in [0.25, 0.3) is 0 Å². The molecule has 4 N–H and O–H groups in total. The third-order valence-corrected chi connectivity index (χ3v) is 4.07. The maximum Gasteiger partial charge on any atom is 0.304 e. The molecule has 3 heterocycles. The maximum absolute atomic E-state index is 12.7. The minimum absolute atomic E-state index is 0.215. The number of aromatic nitrogens is 5. The smallest absolute Gasteiger partial charge is 0.304 e. The monoisotopic (exact) mass is 400 g/mol. The maximum atomic E-state index is 12.7. The van der Waals surface area contributed by atoms with Crippen molar-refractivity contribution in [3.8, 4) is 0 Å². The fourth-order valence-corrected chi connectivity index (χ4v) is 2.64. The van der Waals surface area contributed by atoms with E-state index in [1.165, 1.54) is 18.7 Å². The molecule has 0 bridgehead atoms. The Morgan fingerprint density at radius 2 is 1.83 bits per heavy atom. The molecule has 0 spiro atoms. The zero-order valence-electron chi connectivity index (χ0n) is 15.6. The van der Waals surface area contributed by atoms with E-state index in [-0.39, 0.29) is 5.56 Å². The Kier molecular flexibility index (Phi) is 5.12. The molecule has 3 aromatic heterocycles. The number of anilines is 5. The lowest BCUT2D eigenvalue weighted by Gasteiger charge is -2.11. The molecular formula is C20H16N8O2. The predicted octanol–water partition coefficient (Wildman–Crippen LogP) is 2.66. The van der Waals surface area contributed by atoms with E-state index in [1.54, 1.807) is 54.9 Å². The van der Waals surface area contributed by atoms with Crippen LogP contribution < -0.4 is 16.4 Å². The second kappa shape index (κ2) is 8.19. The number of benzene rings is 1. The number of nitrogens with two attached hydrogens (primary N) is 1. The molecule has 0 unspecified atom stereocenters. The van der Waals surface area contributed by atoms with Gasteiger partial charge in [-0.2, -0.15) is 4.98 Å². The summed E-state index contributed by atoms with van der Waals surface area (Å²) in [6.07, 6.45) is 7.26. The number of Topliss-reactive ketones (excluding diaryl/α,β-unsaturated/α-hetero) is 1. The Morgan fingerprint density at radius 3 is 2.60 bits per heavy atom. The fraction of sp³-hybridized carbons (Fsp3) is 0. The van der Waals surface area contributed by atoms with Crippen molar-refractivity contribution in [2.75, 3.05) is 16.4 Å². The largest absolute Gasteiger partial charge is 0.384 e. The molecule has 0 aliphatic heterocycles. The highest BCUT2D eigenvalue weighted by Crippen LogP contribution is 2.22. The first kappa shape index (κ1) is 18.7. The van der Waals surface area contributed by atoms with Gasteiger partial charge in [0.15, 0.2) is 0 Å². The van der Waals surface area contributed by atoms with Gasteiger partial charge in [-0.25, -0.2) is 15.0 Å². The van der Waals surface area contributed by atoms with Gasteiger partial charge in [0.2, 0.25) is 5.95 Å². The topological polar surface area (TPSA) is 141 Å². The van der Waals surface area contributed by atoms with E-state index in [4.69, 9.17) is 5.73 Å². The van der Waals surface area contributed by atoms with Crippen LogP contribution in [0, 0.1) is 0 Å². The third kappa shape index (κ3) is 4.12. The van der Waals surface area contributed by atoms with E-state index in [9.17, 15) is 9.59 Å². The van der Waals surface area contributed by atoms with Crippen LogP contribution in [0.1, 0.15) is 15.2 Å². The fourth-order valence-electron chi connectivity index (χ4n) is 2.64. The lowest BCUT2D eigenvalue weighted by molar-refractivity contribution is 0.0765. The molecule has 0 atom stereocenters. The molecule has 10 heteroatoms. The van der Waals surface area contributed by atoms with E-state index < -0.39 is 11.7 Å². The molecule has 0 saturated heterocycles. The summed E-state index contributed by atoms with van der Waals surface area (Å²) < 4.78 is 1.13. The molecule has 0 saturated carbocycles. The van der Waals surface area contributed by atoms with Crippen molar-refractivity contribution < 1.29 is 9.59 Å². The molecule has 30 heavy (non-hydrogen) atoms. The number of carbonyl (C=O) groups excluding carboxylic acids is 2. The predicted molar refractivity (Wildman–Crippen MR) is 111 cm³/mol. The standard InChI is InChI=1S/C20H16N8O2/c21-16-6-5-13(11-24-16)25-20-23-8-7-17(27-20)26-15-4-2-1-3-14(15)18(29)19(30)28-10-9-22-12-28/h1-12H,(H2,21,24)(H2,23,25,26,27). The van der Waals surface area contributed by atoms with Gasteiger partial charge >= 0.3 is 5.91 Å². The number of nitrogens with zero attached hydrogens (tertiary/aromatic N) is 5. The van der Waals surface area contributed by atoms with Crippen LogP contribution in [0.5, 0.6) is 0 Å². The van der Waals surface area contributed by atoms with Gasteiger partial charge in [0.05, 0.1) is 23.1 Å². The van der Waals surface area contributed by atoms with Crippen molar-refractivity contribution in [3.63, 3.8) is 0 Å². The summed E-state index contributed by atoms with van der Waals surface area (Å²) in [4.78, 5) is 41.4. The van der Waals surface area contributed by atoms with Crippen molar-refractivity contribution in [3.05, 3.63) is 79.1 Å². The summed E-state index contributed by atoms with van der Waals surface area (Å²) in [6, 6.07) is 11.7. The first-order valence-electron chi connectivity index (χ1n) is 8.85. The van der Waals surface area contributed by atoms with Crippen LogP contribution in [0.3, 0.4) is 0 Å². The van der Waals surface area contributed by atoms with E-state index in [0.717, 1.165) is 4.57 Å². The van der Waals surface area contributed by atoms with Gasteiger partial charge in [0.1, 0.15) is 18.0 Å². The number of hydrogen-bond donors (Lipinski definition) is 3. The number of nitrogen functional groups attached to an aromatic ring is 1. The van der Waals surface area contributed by atoms with Crippen molar-refractivity contribution in [1.29, 1.82) is 0 Å². The van der Waals surface area contributed by atoms with E-state index in [0.29, 0.717) is 29.0 Å². The second-order valence-corrected chi connectivity index (χ2v) is 6.14. The summed E-state index contributed by atoms with van der Waals surface area (Å²) in [7, 11) is 0. The van der Waals surface area contributed by atoms with Crippen molar-refractivity contribution in [1.82, 2.24) is 24.5 Å². The number of para-hydroxylation sites is 1. The van der Waals surface area contributed by atoms with E-state index in [2.05, 4.69) is 30.6 Å². The zero-order valence-corrected chi connectivity index (χ0v) is 15.6. The van der Waals surface area contributed by atoms with Crippen LogP contribution >= 0.6 is 0 Å². The molecule has 10 nitrogen and oxygen atoms in total. The van der Waals surface area contributed by atoms with Gasteiger partial charge < -0.3 is 16.4 Å². The van der Waals surface area contributed by atoms with Gasteiger partial charge in [0.25, 0.3) is 5.78 Å². The minimum atomic E-state index is -0.706. The summed E-state index contributed by atoms with van der Waals surface area (Å²) in [5, 5.41) is 6.08. The molecule has 0 amide bonds. The van der Waals surface area contributed by atoms with Gasteiger partial charge in [-0.1, -0.05) is 12.1 Å². The van der Waals surface area contributed by atoms with Gasteiger partial charge in [-0.05, 0) is 30.3 Å². The highest BCUT2D eigenvalue weighted by atomic mass is 16.2. The molecule has 0 aliphatic carbocycles. The number of ketones is 1. The van der Waals surface area contributed by atoms with Gasteiger partial charge in [-0.15, -0.1) is 0 Å². The Labute approximate surface area is 170 Å². The molecule has 4 aromatic rings. The lowest BCUT2D eigenvalue weighted by atomic mass is 10.1. The summed E-state index contributed by atoms with van der Waals surface area (Å²) in [6.45, 7) is 0. The first-order chi connectivity index (χ1) is 14.6. The Hall–Kier alpha value is -4.60. The SMILES string of the molecule is Nc1ccc(Nc2nccc(Nc3ccccc3C(=O)C(=O)n3ccnc3)n2)cn1. The molecule has 148 valence electrons. The third-order valence-electron chi connectivity index (χ3n) is 4.07. The van der Waals surface area contributed by atoms with Crippen molar-refractivity contribution in [2.24, 2.45) is 0 Å².